The predicted molar refractivity (Wildman–Crippen MR) is 94.2 cm³/mol. The zero-order valence-corrected chi connectivity index (χ0v) is 13.9. The molecule has 1 unspecified atom stereocenters. The Morgan fingerprint density at radius 1 is 1.04 bits per heavy atom. The number of nitrogens with two attached hydrogens (primary N) is 1. The Kier molecular flexibility index (Phi) is 6.36. The fraction of sp³-hybridized carbons (Fsp3) is 0.350. The number of carbonyl (C=O) groups excluding carboxylic acids is 1. The van der Waals surface area contributed by atoms with Gasteiger partial charge in [-0.05, 0) is 42.0 Å². The summed E-state index contributed by atoms with van der Waals surface area (Å²) in [5.74, 6) is -0.346. The molecule has 122 valence electrons. The van der Waals surface area contributed by atoms with Crippen LogP contribution in [0.3, 0.4) is 0 Å². The van der Waals surface area contributed by atoms with E-state index in [2.05, 4.69) is 43.3 Å². The number of hydrogen-bond acceptors (Lipinski definition) is 3. The molecule has 0 amide bonds. The van der Waals surface area contributed by atoms with E-state index < -0.39 is 6.04 Å². The van der Waals surface area contributed by atoms with Crippen LogP contribution in [0.15, 0.2) is 48.5 Å². The smallest absolute Gasteiger partial charge is 0.323 e. The van der Waals surface area contributed by atoms with Crippen LogP contribution in [0.5, 0.6) is 0 Å². The molecule has 0 fully saturated rings. The first-order valence-electron chi connectivity index (χ1n) is 8.24. The lowest BCUT2D eigenvalue weighted by Crippen LogP contribution is -2.34. The highest BCUT2D eigenvalue weighted by Crippen LogP contribution is 2.22. The number of benzene rings is 2. The maximum absolute atomic E-state index is 11.7. The van der Waals surface area contributed by atoms with Gasteiger partial charge in [-0.25, -0.2) is 0 Å². The van der Waals surface area contributed by atoms with Gasteiger partial charge < -0.3 is 10.5 Å². The van der Waals surface area contributed by atoms with Crippen molar-refractivity contribution in [3.8, 4) is 11.1 Å². The number of aryl methyl sites for hydroxylation is 1. The van der Waals surface area contributed by atoms with Crippen LogP contribution in [0.4, 0.5) is 0 Å². The highest BCUT2D eigenvalue weighted by atomic mass is 16.5. The molecule has 0 heterocycles. The van der Waals surface area contributed by atoms with Crippen molar-refractivity contribution in [2.75, 3.05) is 6.61 Å². The zero-order valence-electron chi connectivity index (χ0n) is 13.9. The monoisotopic (exact) mass is 311 g/mol. The number of carbonyl (C=O) groups is 1. The van der Waals surface area contributed by atoms with Gasteiger partial charge in [0.05, 0.1) is 6.61 Å². The molecule has 2 rings (SSSR count). The molecule has 23 heavy (non-hydrogen) atoms. The predicted octanol–water partition coefficient (Wildman–Crippen LogP) is 3.74. The minimum Gasteiger partial charge on any atom is -0.465 e. The van der Waals surface area contributed by atoms with E-state index in [1.165, 1.54) is 11.1 Å². The third-order valence-electron chi connectivity index (χ3n) is 3.80. The molecule has 2 N–H and O–H groups in total. The SMILES string of the molecule is CCCc1ccc(-c2cccc(CC(N)C(=O)OCC)c2)cc1. The van der Waals surface area contributed by atoms with Crippen molar-refractivity contribution >= 4 is 5.97 Å². The van der Waals surface area contributed by atoms with Gasteiger partial charge in [0.25, 0.3) is 0 Å². The minimum absolute atomic E-state index is 0.346. The standard InChI is InChI=1S/C20H25NO2/c1-3-6-15-9-11-17(12-10-15)18-8-5-7-16(13-18)14-19(21)20(22)23-4-2/h5,7-13,19H,3-4,6,14,21H2,1-2H3. The van der Waals surface area contributed by atoms with Gasteiger partial charge in [0.1, 0.15) is 6.04 Å². The topological polar surface area (TPSA) is 52.3 Å². The van der Waals surface area contributed by atoms with E-state index in [-0.39, 0.29) is 5.97 Å². The molecule has 0 spiro atoms. The van der Waals surface area contributed by atoms with Crippen LogP contribution in [0, 0.1) is 0 Å². The number of hydrogen-bond donors (Lipinski definition) is 1. The number of esters is 1. The quantitative estimate of drug-likeness (QED) is 0.793. The van der Waals surface area contributed by atoms with Crippen molar-refractivity contribution in [1.29, 1.82) is 0 Å². The molecule has 0 aliphatic carbocycles. The van der Waals surface area contributed by atoms with Crippen molar-refractivity contribution in [1.82, 2.24) is 0 Å². The molecule has 0 bridgehead atoms. The zero-order chi connectivity index (χ0) is 16.7. The maximum atomic E-state index is 11.7. The van der Waals surface area contributed by atoms with Crippen LogP contribution in [0.25, 0.3) is 11.1 Å². The van der Waals surface area contributed by atoms with Gasteiger partial charge in [-0.2, -0.15) is 0 Å². The molecule has 0 radical (unpaired) electrons. The fourth-order valence-corrected chi connectivity index (χ4v) is 2.62. The summed E-state index contributed by atoms with van der Waals surface area (Å²) in [6.07, 6.45) is 2.75. The summed E-state index contributed by atoms with van der Waals surface area (Å²) in [6, 6.07) is 16.2. The summed E-state index contributed by atoms with van der Waals surface area (Å²) >= 11 is 0. The van der Waals surface area contributed by atoms with Crippen molar-refractivity contribution in [2.24, 2.45) is 5.73 Å². The highest BCUT2D eigenvalue weighted by Gasteiger charge is 2.15. The van der Waals surface area contributed by atoms with Crippen LogP contribution in [-0.4, -0.2) is 18.6 Å². The molecule has 0 aliphatic heterocycles. The minimum atomic E-state index is -0.614. The Morgan fingerprint density at radius 3 is 2.43 bits per heavy atom. The van der Waals surface area contributed by atoms with E-state index >= 15 is 0 Å². The van der Waals surface area contributed by atoms with Crippen LogP contribution in [0.2, 0.25) is 0 Å². The highest BCUT2D eigenvalue weighted by molar-refractivity contribution is 5.76. The summed E-state index contributed by atoms with van der Waals surface area (Å²) in [4.78, 5) is 11.7. The van der Waals surface area contributed by atoms with E-state index in [0.29, 0.717) is 13.0 Å². The van der Waals surface area contributed by atoms with Gasteiger partial charge >= 0.3 is 5.97 Å². The first-order valence-corrected chi connectivity index (χ1v) is 8.24. The normalized spacial score (nSPS) is 12.0. The van der Waals surface area contributed by atoms with Gasteiger partial charge in [0.15, 0.2) is 0 Å². The molecule has 0 saturated heterocycles. The van der Waals surface area contributed by atoms with Crippen LogP contribution in [-0.2, 0) is 22.4 Å². The Bertz CT molecular complexity index is 634. The van der Waals surface area contributed by atoms with Gasteiger partial charge in [-0.1, -0.05) is 61.9 Å². The summed E-state index contributed by atoms with van der Waals surface area (Å²) in [5.41, 5.74) is 10.6. The number of rotatable bonds is 7. The van der Waals surface area contributed by atoms with Gasteiger partial charge in [0, 0.05) is 0 Å². The Labute approximate surface area is 138 Å². The van der Waals surface area contributed by atoms with Gasteiger partial charge in [-0.15, -0.1) is 0 Å². The van der Waals surface area contributed by atoms with Crippen LogP contribution >= 0.6 is 0 Å². The first kappa shape index (κ1) is 17.2. The lowest BCUT2D eigenvalue weighted by Gasteiger charge is -2.11. The second-order valence-corrected chi connectivity index (χ2v) is 5.71. The van der Waals surface area contributed by atoms with E-state index in [1.54, 1.807) is 6.92 Å². The molecular formula is C20H25NO2. The van der Waals surface area contributed by atoms with E-state index in [0.717, 1.165) is 24.0 Å². The lowest BCUT2D eigenvalue weighted by molar-refractivity contribution is -0.144. The number of ether oxygens (including phenoxy) is 1. The van der Waals surface area contributed by atoms with Gasteiger partial charge in [0.2, 0.25) is 0 Å². The average Bonchev–Trinajstić information content (AvgIpc) is 2.56. The molecule has 2 aromatic carbocycles. The van der Waals surface area contributed by atoms with Crippen molar-refractivity contribution < 1.29 is 9.53 Å². The van der Waals surface area contributed by atoms with Crippen molar-refractivity contribution in [3.63, 3.8) is 0 Å². The molecule has 3 heteroatoms. The second-order valence-electron chi connectivity index (χ2n) is 5.71. The molecule has 2 aromatic rings. The van der Waals surface area contributed by atoms with Crippen LogP contribution < -0.4 is 5.73 Å². The molecular weight excluding hydrogens is 286 g/mol. The van der Waals surface area contributed by atoms with E-state index in [4.69, 9.17) is 10.5 Å². The molecule has 3 nitrogen and oxygen atoms in total. The fourth-order valence-electron chi connectivity index (χ4n) is 2.62. The first-order chi connectivity index (χ1) is 11.1. The molecule has 0 saturated carbocycles. The van der Waals surface area contributed by atoms with Crippen LogP contribution in [0.1, 0.15) is 31.4 Å². The Hall–Kier alpha value is -2.13. The van der Waals surface area contributed by atoms with Gasteiger partial charge in [-0.3, -0.25) is 4.79 Å². The van der Waals surface area contributed by atoms with Crippen molar-refractivity contribution in [3.05, 3.63) is 59.7 Å². The van der Waals surface area contributed by atoms with Crippen molar-refractivity contribution in [2.45, 2.75) is 39.2 Å². The Balaban J connectivity index is 2.11. The third kappa shape index (κ3) is 4.93. The lowest BCUT2D eigenvalue weighted by atomic mass is 9.98. The van der Waals surface area contributed by atoms with E-state index in [1.807, 2.05) is 12.1 Å². The largest absolute Gasteiger partial charge is 0.465 e. The summed E-state index contributed by atoms with van der Waals surface area (Å²) < 4.78 is 4.96. The average molecular weight is 311 g/mol. The summed E-state index contributed by atoms with van der Waals surface area (Å²) in [6.45, 7) is 4.33. The molecule has 1 atom stereocenters. The Morgan fingerprint density at radius 2 is 1.78 bits per heavy atom. The third-order valence-corrected chi connectivity index (χ3v) is 3.80. The summed E-state index contributed by atoms with van der Waals surface area (Å²) in [5, 5.41) is 0. The summed E-state index contributed by atoms with van der Waals surface area (Å²) in [7, 11) is 0. The second kappa shape index (κ2) is 8.49. The molecule has 0 aliphatic rings. The maximum Gasteiger partial charge on any atom is 0.323 e. The van der Waals surface area contributed by atoms with E-state index in [9.17, 15) is 4.79 Å². The molecule has 0 aromatic heterocycles.